The zero-order valence-corrected chi connectivity index (χ0v) is 14.7. The van der Waals surface area contributed by atoms with E-state index in [4.69, 9.17) is 9.47 Å². The number of carboxylic acids is 1. The fourth-order valence-corrected chi connectivity index (χ4v) is 6.04. The molecule has 3 heterocycles. The summed E-state index contributed by atoms with van der Waals surface area (Å²) in [7, 11) is 1.47. The van der Waals surface area contributed by atoms with Crippen LogP contribution in [-0.4, -0.2) is 34.9 Å². The smallest absolute Gasteiger partial charge is 0.320 e. The highest BCUT2D eigenvalue weighted by Gasteiger charge is 2.57. The third-order valence-electron chi connectivity index (χ3n) is 4.54. The fraction of sp³-hybridized carbons (Fsp3) is 0.312. The second-order valence-corrected chi connectivity index (χ2v) is 7.92. The Hall–Kier alpha value is -2.26. The fourth-order valence-electron chi connectivity index (χ4n) is 3.49. The Morgan fingerprint density at radius 2 is 2.28 bits per heavy atom. The Kier molecular flexibility index (Phi) is 3.66. The summed E-state index contributed by atoms with van der Waals surface area (Å²) in [4.78, 5) is 39.5. The highest BCUT2D eigenvalue weighted by Crippen LogP contribution is 2.59. The second kappa shape index (κ2) is 5.63. The minimum Gasteiger partial charge on any atom is -0.493 e. The first-order valence-electron chi connectivity index (χ1n) is 7.43. The van der Waals surface area contributed by atoms with Crippen LogP contribution in [0.2, 0.25) is 0 Å². The van der Waals surface area contributed by atoms with Crippen LogP contribution in [0.5, 0.6) is 11.5 Å². The molecule has 0 aliphatic carbocycles. The molecule has 9 heteroatoms. The van der Waals surface area contributed by atoms with E-state index >= 15 is 0 Å². The molecule has 130 valence electrons. The van der Waals surface area contributed by atoms with Crippen LogP contribution in [0.4, 0.5) is 0 Å². The number of carbonyl (C=O) groups is 2. The Labute approximate surface area is 150 Å². The third kappa shape index (κ3) is 2.30. The zero-order chi connectivity index (χ0) is 17.8. The molecule has 1 aromatic heterocycles. The monoisotopic (exact) mass is 379 g/mol. The lowest BCUT2D eigenvalue weighted by Gasteiger charge is -2.43. The highest BCUT2D eigenvalue weighted by atomic mass is 32.2. The number of carbonyl (C=O) groups excluding carboxylic acids is 1. The molecule has 0 bridgehead atoms. The van der Waals surface area contributed by atoms with Crippen LogP contribution in [0.1, 0.15) is 22.8 Å². The first kappa shape index (κ1) is 16.2. The molecule has 4 rings (SSSR count). The van der Waals surface area contributed by atoms with Crippen molar-refractivity contribution in [1.29, 1.82) is 0 Å². The van der Waals surface area contributed by atoms with Gasteiger partial charge in [-0.2, -0.15) is 0 Å². The number of methoxy groups -OCH3 is 1. The van der Waals surface area contributed by atoms with E-state index in [0.29, 0.717) is 27.0 Å². The second-order valence-electron chi connectivity index (χ2n) is 5.92. The molecule has 0 fully saturated rings. The maximum absolute atomic E-state index is 12.9. The van der Waals surface area contributed by atoms with Gasteiger partial charge >= 0.3 is 16.8 Å². The molecular formula is C16H13NO6S2. The van der Waals surface area contributed by atoms with E-state index in [0.717, 1.165) is 11.3 Å². The number of thiazole rings is 1. The predicted octanol–water partition coefficient (Wildman–Crippen LogP) is 2.06. The van der Waals surface area contributed by atoms with Gasteiger partial charge in [0.2, 0.25) is 0 Å². The summed E-state index contributed by atoms with van der Waals surface area (Å²) in [5.74, 6) is -1.33. The van der Waals surface area contributed by atoms with Crippen molar-refractivity contribution in [2.24, 2.45) is 5.41 Å². The summed E-state index contributed by atoms with van der Waals surface area (Å²) in [5.41, 5.74) is -0.592. The number of esters is 1. The predicted molar refractivity (Wildman–Crippen MR) is 90.8 cm³/mol. The Morgan fingerprint density at radius 1 is 1.48 bits per heavy atom. The Balaban J connectivity index is 2.01. The molecule has 2 atom stereocenters. The number of thioether (sulfide) groups is 1. The van der Waals surface area contributed by atoms with Crippen molar-refractivity contribution >= 4 is 35.0 Å². The van der Waals surface area contributed by atoms with Crippen molar-refractivity contribution in [3.05, 3.63) is 38.3 Å². The van der Waals surface area contributed by atoms with E-state index in [9.17, 15) is 19.5 Å². The summed E-state index contributed by atoms with van der Waals surface area (Å²) < 4.78 is 10.8. The highest BCUT2D eigenvalue weighted by molar-refractivity contribution is 7.99. The minimum absolute atomic E-state index is 0.221. The summed E-state index contributed by atoms with van der Waals surface area (Å²) in [6.45, 7) is 0. The molecule has 25 heavy (non-hydrogen) atoms. The van der Waals surface area contributed by atoms with E-state index in [1.807, 2.05) is 0 Å². The lowest BCUT2D eigenvalue weighted by molar-refractivity contribution is -0.154. The Morgan fingerprint density at radius 3 is 3.00 bits per heavy atom. The number of nitrogens with one attached hydrogen (secondary N) is 1. The molecule has 0 spiro atoms. The van der Waals surface area contributed by atoms with E-state index in [2.05, 4.69) is 4.98 Å². The number of rotatable bonds is 3. The number of aliphatic carboxylic acids is 1. The van der Waals surface area contributed by atoms with Gasteiger partial charge in [0.15, 0.2) is 11.5 Å². The van der Waals surface area contributed by atoms with Gasteiger partial charge in [0.1, 0.15) is 5.41 Å². The average molecular weight is 379 g/mol. The van der Waals surface area contributed by atoms with E-state index < -0.39 is 23.3 Å². The molecule has 2 aliphatic heterocycles. The Bertz CT molecular complexity index is 948. The van der Waals surface area contributed by atoms with Crippen molar-refractivity contribution in [3.8, 4) is 11.5 Å². The number of aromatic amines is 1. The van der Waals surface area contributed by atoms with Crippen molar-refractivity contribution in [3.63, 3.8) is 0 Å². The summed E-state index contributed by atoms with van der Waals surface area (Å²) >= 11 is 2.29. The summed E-state index contributed by atoms with van der Waals surface area (Å²) in [5, 5.41) is 10.1. The molecule has 7 nitrogen and oxygen atoms in total. The van der Waals surface area contributed by atoms with Gasteiger partial charge in [0.05, 0.1) is 18.6 Å². The summed E-state index contributed by atoms with van der Waals surface area (Å²) in [6, 6.07) is 5.23. The molecular weight excluding hydrogens is 366 g/mol. The van der Waals surface area contributed by atoms with Gasteiger partial charge < -0.3 is 19.6 Å². The number of benzene rings is 1. The molecule has 2 aliphatic rings. The van der Waals surface area contributed by atoms with Crippen LogP contribution in [0.25, 0.3) is 0 Å². The number of hydrogen-bond donors (Lipinski definition) is 2. The van der Waals surface area contributed by atoms with Crippen LogP contribution in [-0.2, 0) is 9.59 Å². The van der Waals surface area contributed by atoms with Gasteiger partial charge in [0, 0.05) is 22.1 Å². The minimum atomic E-state index is -1.26. The van der Waals surface area contributed by atoms with Crippen molar-refractivity contribution < 1.29 is 24.2 Å². The van der Waals surface area contributed by atoms with Gasteiger partial charge in [-0.25, -0.2) is 0 Å². The quantitative estimate of drug-likeness (QED) is 0.621. The lowest BCUT2D eigenvalue weighted by atomic mass is 9.68. The number of para-hydroxylation sites is 1. The molecule has 0 saturated carbocycles. The molecule has 2 aromatic rings. The molecule has 0 radical (unpaired) electrons. The summed E-state index contributed by atoms with van der Waals surface area (Å²) in [6.07, 6.45) is -0.369. The average Bonchev–Trinajstić information content (AvgIpc) is 2.94. The molecule has 2 N–H and O–H groups in total. The van der Waals surface area contributed by atoms with Gasteiger partial charge in [-0.05, 0) is 6.07 Å². The molecule has 0 saturated heterocycles. The lowest BCUT2D eigenvalue weighted by Crippen LogP contribution is -2.49. The van der Waals surface area contributed by atoms with Crippen molar-refractivity contribution in [1.82, 2.24) is 4.98 Å². The number of H-pyrrole nitrogens is 1. The van der Waals surface area contributed by atoms with Crippen LogP contribution >= 0.6 is 23.1 Å². The largest absolute Gasteiger partial charge is 0.493 e. The van der Waals surface area contributed by atoms with Crippen molar-refractivity contribution in [2.45, 2.75) is 17.4 Å². The molecule has 0 unspecified atom stereocenters. The van der Waals surface area contributed by atoms with Crippen LogP contribution < -0.4 is 14.3 Å². The van der Waals surface area contributed by atoms with Crippen molar-refractivity contribution in [2.75, 3.05) is 12.9 Å². The SMILES string of the molecule is COc1cccc2c1OC(=O)[C@]1(CC(=O)O)CSc3[nH]c(=O)sc3[C@H]21. The van der Waals surface area contributed by atoms with E-state index in [1.165, 1.54) is 18.9 Å². The molecule has 1 aromatic carbocycles. The zero-order valence-electron chi connectivity index (χ0n) is 13.0. The standard InChI is InChI=1S/C16H13NO6S2/c1-22-8-4-2-3-7-10-12-13(17-15(21)25-12)24-6-16(10,5-9(18)19)14(20)23-11(7)8/h2-4,10H,5-6H2,1H3,(H,17,21)(H,18,19)/t10-,16+/m0/s1. The van der Waals surface area contributed by atoms with Gasteiger partial charge in [-0.3, -0.25) is 14.4 Å². The maximum atomic E-state index is 12.9. The van der Waals surface area contributed by atoms with E-state index in [1.54, 1.807) is 18.2 Å². The number of hydrogen-bond acceptors (Lipinski definition) is 7. The third-order valence-corrected chi connectivity index (χ3v) is 6.89. The number of ether oxygens (including phenoxy) is 2. The van der Waals surface area contributed by atoms with Gasteiger partial charge in [-0.1, -0.05) is 23.5 Å². The van der Waals surface area contributed by atoms with Gasteiger partial charge in [-0.15, -0.1) is 11.8 Å². The number of fused-ring (bicyclic) bond motifs is 5. The van der Waals surface area contributed by atoms with Crippen LogP contribution in [0, 0.1) is 5.41 Å². The van der Waals surface area contributed by atoms with Gasteiger partial charge in [0.25, 0.3) is 0 Å². The topological polar surface area (TPSA) is 106 Å². The van der Waals surface area contributed by atoms with Crippen LogP contribution in [0.3, 0.4) is 0 Å². The number of carboxylic acid groups (broad SMARTS) is 1. The van der Waals surface area contributed by atoms with E-state index in [-0.39, 0.29) is 17.0 Å². The maximum Gasteiger partial charge on any atom is 0.320 e. The van der Waals surface area contributed by atoms with Crippen LogP contribution in [0.15, 0.2) is 28.0 Å². The number of aromatic nitrogens is 1. The first-order chi connectivity index (χ1) is 12.0. The first-order valence-corrected chi connectivity index (χ1v) is 9.23. The molecule has 0 amide bonds. The normalized spacial score (nSPS) is 23.9.